The fourth-order valence-corrected chi connectivity index (χ4v) is 2.72. The zero-order valence-corrected chi connectivity index (χ0v) is 16.2. The molecule has 28 heavy (non-hydrogen) atoms. The van der Waals surface area contributed by atoms with Crippen LogP contribution >= 0.6 is 11.6 Å². The van der Waals surface area contributed by atoms with Gasteiger partial charge in [0.25, 0.3) is 5.91 Å². The van der Waals surface area contributed by atoms with E-state index in [2.05, 4.69) is 10.6 Å². The summed E-state index contributed by atoms with van der Waals surface area (Å²) in [5.41, 5.74) is 2.72. The number of para-hydroxylation sites is 1. The zero-order valence-electron chi connectivity index (χ0n) is 15.4. The van der Waals surface area contributed by atoms with Gasteiger partial charge in [-0.15, -0.1) is 0 Å². The monoisotopic (exact) mass is 396 g/mol. The number of hydrogen-bond donors (Lipinski definition) is 2. The van der Waals surface area contributed by atoms with Crippen molar-refractivity contribution >= 4 is 28.9 Å². The van der Waals surface area contributed by atoms with Gasteiger partial charge in [0.2, 0.25) is 0 Å². The molecule has 0 aromatic heterocycles. The standard InChI is InChI=1S/C22H21ClN2O3/c1-27-21-5-3-2-4-16(21)14-24-18-8-10-19(11-9-18)25-22(26)15-28-20-12-6-17(23)7-13-20/h2-13,24H,14-15H2,1H3,(H,25,26). The van der Waals surface area contributed by atoms with Crippen molar-refractivity contribution in [1.29, 1.82) is 0 Å². The van der Waals surface area contributed by atoms with Crippen LogP contribution in [0.1, 0.15) is 5.56 Å². The molecule has 0 saturated carbocycles. The van der Waals surface area contributed by atoms with Crippen LogP contribution in [0.15, 0.2) is 72.8 Å². The maximum Gasteiger partial charge on any atom is 0.262 e. The molecular formula is C22H21ClN2O3. The topological polar surface area (TPSA) is 59.6 Å². The van der Waals surface area contributed by atoms with Gasteiger partial charge in [0, 0.05) is 28.5 Å². The van der Waals surface area contributed by atoms with Crippen LogP contribution < -0.4 is 20.1 Å². The summed E-state index contributed by atoms with van der Waals surface area (Å²) in [5.74, 6) is 1.21. The van der Waals surface area contributed by atoms with E-state index >= 15 is 0 Å². The van der Waals surface area contributed by atoms with Gasteiger partial charge in [0.05, 0.1) is 7.11 Å². The highest BCUT2D eigenvalue weighted by Gasteiger charge is 2.05. The van der Waals surface area contributed by atoms with Crippen molar-refractivity contribution in [3.8, 4) is 11.5 Å². The van der Waals surface area contributed by atoms with Crippen molar-refractivity contribution in [2.24, 2.45) is 0 Å². The summed E-state index contributed by atoms with van der Waals surface area (Å²) in [6.07, 6.45) is 0. The Hall–Kier alpha value is -3.18. The van der Waals surface area contributed by atoms with Gasteiger partial charge in [0.15, 0.2) is 6.61 Å². The maximum absolute atomic E-state index is 12.0. The Kier molecular flexibility index (Phi) is 6.76. The number of methoxy groups -OCH3 is 1. The second-order valence-corrected chi connectivity index (χ2v) is 6.47. The molecule has 3 aromatic carbocycles. The second-order valence-electron chi connectivity index (χ2n) is 6.03. The van der Waals surface area contributed by atoms with Gasteiger partial charge < -0.3 is 20.1 Å². The highest BCUT2D eigenvalue weighted by atomic mass is 35.5. The molecule has 0 fully saturated rings. The summed E-state index contributed by atoms with van der Waals surface area (Å²) < 4.78 is 10.8. The highest BCUT2D eigenvalue weighted by Crippen LogP contribution is 2.20. The third kappa shape index (κ3) is 5.66. The SMILES string of the molecule is COc1ccccc1CNc1ccc(NC(=O)COc2ccc(Cl)cc2)cc1. The van der Waals surface area contributed by atoms with Gasteiger partial charge in [-0.2, -0.15) is 0 Å². The van der Waals surface area contributed by atoms with E-state index in [0.29, 0.717) is 23.0 Å². The van der Waals surface area contributed by atoms with Gasteiger partial charge in [-0.1, -0.05) is 29.8 Å². The minimum Gasteiger partial charge on any atom is -0.496 e. The summed E-state index contributed by atoms with van der Waals surface area (Å²) in [7, 11) is 1.66. The fourth-order valence-electron chi connectivity index (χ4n) is 2.59. The average molecular weight is 397 g/mol. The van der Waals surface area contributed by atoms with Crippen LogP contribution in [0.4, 0.5) is 11.4 Å². The molecule has 0 spiro atoms. The van der Waals surface area contributed by atoms with Gasteiger partial charge in [-0.05, 0) is 54.6 Å². The molecule has 2 N–H and O–H groups in total. The van der Waals surface area contributed by atoms with Crippen LogP contribution in [-0.2, 0) is 11.3 Å². The molecule has 0 aliphatic carbocycles. The molecule has 0 bridgehead atoms. The molecule has 0 saturated heterocycles. The number of rotatable bonds is 8. The zero-order chi connectivity index (χ0) is 19.8. The molecule has 0 unspecified atom stereocenters. The Bertz CT molecular complexity index is 912. The highest BCUT2D eigenvalue weighted by molar-refractivity contribution is 6.30. The number of carbonyl (C=O) groups is 1. The lowest BCUT2D eigenvalue weighted by Gasteiger charge is -2.11. The van der Waals surface area contributed by atoms with E-state index in [1.807, 2.05) is 48.5 Å². The van der Waals surface area contributed by atoms with Crippen molar-refractivity contribution in [2.75, 3.05) is 24.4 Å². The van der Waals surface area contributed by atoms with E-state index in [4.69, 9.17) is 21.1 Å². The number of ether oxygens (including phenoxy) is 2. The molecule has 3 aromatic rings. The molecule has 0 aliphatic heterocycles. The molecule has 144 valence electrons. The van der Waals surface area contributed by atoms with Gasteiger partial charge in [0.1, 0.15) is 11.5 Å². The third-order valence-corrected chi connectivity index (χ3v) is 4.28. The average Bonchev–Trinajstić information content (AvgIpc) is 2.73. The summed E-state index contributed by atoms with van der Waals surface area (Å²) >= 11 is 5.82. The van der Waals surface area contributed by atoms with Crippen LogP contribution in [0.5, 0.6) is 11.5 Å². The van der Waals surface area contributed by atoms with E-state index in [1.165, 1.54) is 0 Å². The second kappa shape index (κ2) is 9.67. The summed E-state index contributed by atoms with van der Waals surface area (Å²) in [4.78, 5) is 12.0. The number of amides is 1. The first-order valence-electron chi connectivity index (χ1n) is 8.78. The lowest BCUT2D eigenvalue weighted by atomic mass is 10.2. The van der Waals surface area contributed by atoms with E-state index in [9.17, 15) is 4.79 Å². The molecule has 0 atom stereocenters. The van der Waals surface area contributed by atoms with Crippen molar-refractivity contribution < 1.29 is 14.3 Å². The number of anilines is 2. The first-order valence-corrected chi connectivity index (χ1v) is 9.16. The Balaban J connectivity index is 1.48. The smallest absolute Gasteiger partial charge is 0.262 e. The van der Waals surface area contributed by atoms with Crippen molar-refractivity contribution in [3.63, 3.8) is 0 Å². The Morgan fingerprint density at radius 3 is 2.32 bits per heavy atom. The molecule has 5 nitrogen and oxygen atoms in total. The largest absolute Gasteiger partial charge is 0.496 e. The van der Waals surface area contributed by atoms with Crippen molar-refractivity contribution in [3.05, 3.63) is 83.4 Å². The van der Waals surface area contributed by atoms with E-state index in [-0.39, 0.29) is 12.5 Å². The summed E-state index contributed by atoms with van der Waals surface area (Å²) in [6, 6.07) is 22.2. The predicted octanol–water partition coefficient (Wildman–Crippen LogP) is 4.98. The summed E-state index contributed by atoms with van der Waals surface area (Å²) in [6.45, 7) is 0.570. The lowest BCUT2D eigenvalue weighted by molar-refractivity contribution is -0.118. The number of nitrogens with one attached hydrogen (secondary N) is 2. The van der Waals surface area contributed by atoms with Crippen LogP contribution in [-0.4, -0.2) is 19.6 Å². The van der Waals surface area contributed by atoms with E-state index in [0.717, 1.165) is 17.0 Å². The number of benzene rings is 3. The minimum absolute atomic E-state index is 0.0740. The maximum atomic E-state index is 12.0. The minimum atomic E-state index is -0.232. The first kappa shape index (κ1) is 19.6. The van der Waals surface area contributed by atoms with Crippen LogP contribution in [0, 0.1) is 0 Å². The third-order valence-electron chi connectivity index (χ3n) is 4.03. The molecule has 0 aliphatic rings. The number of hydrogen-bond acceptors (Lipinski definition) is 4. The van der Waals surface area contributed by atoms with Gasteiger partial charge in [-0.25, -0.2) is 0 Å². The van der Waals surface area contributed by atoms with E-state index < -0.39 is 0 Å². The number of halogens is 1. The number of carbonyl (C=O) groups excluding carboxylic acids is 1. The van der Waals surface area contributed by atoms with Crippen molar-refractivity contribution in [1.82, 2.24) is 0 Å². The molecule has 6 heteroatoms. The van der Waals surface area contributed by atoms with Crippen LogP contribution in [0.2, 0.25) is 5.02 Å². The predicted molar refractivity (Wildman–Crippen MR) is 112 cm³/mol. The van der Waals surface area contributed by atoms with E-state index in [1.54, 1.807) is 31.4 Å². The molecule has 3 rings (SSSR count). The Morgan fingerprint density at radius 2 is 1.61 bits per heavy atom. The van der Waals surface area contributed by atoms with Crippen LogP contribution in [0.25, 0.3) is 0 Å². The molecule has 1 amide bonds. The Labute approximate surface area is 169 Å². The fraction of sp³-hybridized carbons (Fsp3) is 0.136. The van der Waals surface area contributed by atoms with Gasteiger partial charge >= 0.3 is 0 Å². The quantitative estimate of drug-likeness (QED) is 0.563. The first-order chi connectivity index (χ1) is 13.6. The lowest BCUT2D eigenvalue weighted by Crippen LogP contribution is -2.20. The molecule has 0 heterocycles. The Morgan fingerprint density at radius 1 is 0.929 bits per heavy atom. The normalized spacial score (nSPS) is 10.2. The molecular weight excluding hydrogens is 376 g/mol. The van der Waals surface area contributed by atoms with Crippen molar-refractivity contribution in [2.45, 2.75) is 6.54 Å². The van der Waals surface area contributed by atoms with Crippen LogP contribution in [0.3, 0.4) is 0 Å². The van der Waals surface area contributed by atoms with Gasteiger partial charge in [-0.3, -0.25) is 4.79 Å². The molecule has 0 radical (unpaired) electrons. The summed E-state index contributed by atoms with van der Waals surface area (Å²) in [5, 5.41) is 6.77.